The molecule has 0 aliphatic carbocycles. The van der Waals surface area contributed by atoms with Crippen molar-refractivity contribution < 1.29 is 14.0 Å². The van der Waals surface area contributed by atoms with Crippen LogP contribution in [0.2, 0.25) is 0 Å². The summed E-state index contributed by atoms with van der Waals surface area (Å²) >= 11 is 1.69. The molecule has 2 atom stereocenters. The molecule has 0 fully saturated rings. The van der Waals surface area contributed by atoms with Gasteiger partial charge in [0.2, 0.25) is 11.8 Å². The number of thiophene rings is 1. The highest BCUT2D eigenvalue weighted by molar-refractivity contribution is 7.10. The molecule has 1 aromatic carbocycles. The first-order valence-electron chi connectivity index (χ1n) is 11.5. The summed E-state index contributed by atoms with van der Waals surface area (Å²) < 4.78 is 13.6. The fraction of sp³-hybridized carbons (Fsp3) is 0.462. The first-order valence-corrected chi connectivity index (χ1v) is 12.4. The van der Waals surface area contributed by atoms with Crippen molar-refractivity contribution in [1.82, 2.24) is 9.80 Å². The van der Waals surface area contributed by atoms with E-state index in [1.165, 1.54) is 17.0 Å². The molecule has 0 N–H and O–H groups in total. The van der Waals surface area contributed by atoms with Crippen LogP contribution < -0.4 is 0 Å². The van der Waals surface area contributed by atoms with Crippen molar-refractivity contribution >= 4 is 23.2 Å². The number of hydrogen-bond donors (Lipinski definition) is 0. The van der Waals surface area contributed by atoms with Crippen molar-refractivity contribution in [3.8, 4) is 0 Å². The average Bonchev–Trinajstić information content (AvgIpc) is 3.28. The third-order valence-corrected chi connectivity index (χ3v) is 7.20. The van der Waals surface area contributed by atoms with Crippen LogP contribution in [0.4, 0.5) is 4.39 Å². The number of rotatable bonds is 10. The average molecular weight is 457 g/mol. The van der Waals surface area contributed by atoms with Gasteiger partial charge in [0.05, 0.1) is 6.04 Å². The monoisotopic (exact) mass is 456 g/mol. The standard InChI is InChI=1S/C26H33FN2O2S/c1-4-7-8-19(6-3)26(31)28(15-5-2)18-24(30)29-16-13-23-22(14-17-32-23)25(29)20-9-11-21(27)12-10-20/h5,9-12,14,17,19,25H,2,4,6-8,13,15-16,18H2,1,3H3. The van der Waals surface area contributed by atoms with Crippen LogP contribution in [0, 0.1) is 11.7 Å². The number of halogens is 1. The molecular formula is C26H33FN2O2S. The fourth-order valence-corrected chi connectivity index (χ4v) is 5.35. The van der Waals surface area contributed by atoms with Gasteiger partial charge in [-0.1, -0.05) is 44.9 Å². The van der Waals surface area contributed by atoms with E-state index in [4.69, 9.17) is 0 Å². The second kappa shape index (κ2) is 11.4. The summed E-state index contributed by atoms with van der Waals surface area (Å²) in [7, 11) is 0. The van der Waals surface area contributed by atoms with Crippen molar-refractivity contribution in [3.63, 3.8) is 0 Å². The smallest absolute Gasteiger partial charge is 0.243 e. The maximum absolute atomic E-state index is 13.6. The lowest BCUT2D eigenvalue weighted by Gasteiger charge is -2.38. The van der Waals surface area contributed by atoms with Gasteiger partial charge in [0.25, 0.3) is 0 Å². The molecule has 1 aliphatic rings. The Morgan fingerprint density at radius 3 is 2.69 bits per heavy atom. The molecule has 32 heavy (non-hydrogen) atoms. The Kier molecular flexibility index (Phi) is 8.62. The van der Waals surface area contributed by atoms with Crippen molar-refractivity contribution in [2.75, 3.05) is 19.6 Å². The molecule has 4 nitrogen and oxygen atoms in total. The molecule has 3 rings (SSSR count). The van der Waals surface area contributed by atoms with Gasteiger partial charge in [-0.25, -0.2) is 4.39 Å². The van der Waals surface area contributed by atoms with Crippen molar-refractivity contribution in [1.29, 1.82) is 0 Å². The lowest BCUT2D eigenvalue weighted by molar-refractivity contribution is -0.143. The van der Waals surface area contributed by atoms with Gasteiger partial charge in [0.1, 0.15) is 12.4 Å². The number of unbranched alkanes of at least 4 members (excludes halogenated alkanes) is 1. The van der Waals surface area contributed by atoms with E-state index in [0.717, 1.165) is 43.2 Å². The van der Waals surface area contributed by atoms with Gasteiger partial charge in [0.15, 0.2) is 0 Å². The van der Waals surface area contributed by atoms with Crippen LogP contribution in [0.15, 0.2) is 48.4 Å². The number of carbonyl (C=O) groups excluding carboxylic acids is 2. The van der Waals surface area contributed by atoms with Gasteiger partial charge < -0.3 is 9.80 Å². The number of fused-ring (bicyclic) bond motifs is 1. The maximum atomic E-state index is 13.6. The highest BCUT2D eigenvalue weighted by Crippen LogP contribution is 2.38. The Bertz CT molecular complexity index is 924. The predicted molar refractivity (Wildman–Crippen MR) is 128 cm³/mol. The summed E-state index contributed by atoms with van der Waals surface area (Å²) in [6.45, 7) is 8.90. The minimum Gasteiger partial charge on any atom is -0.330 e. The highest BCUT2D eigenvalue weighted by Gasteiger charge is 2.34. The van der Waals surface area contributed by atoms with Crippen LogP contribution in [-0.2, 0) is 16.0 Å². The Labute approximate surface area is 194 Å². The Hall–Kier alpha value is -2.47. The third kappa shape index (κ3) is 5.47. The largest absolute Gasteiger partial charge is 0.330 e. The first kappa shape index (κ1) is 24.2. The molecule has 2 aromatic rings. The quantitative estimate of drug-likeness (QED) is 0.437. The molecule has 0 spiro atoms. The Morgan fingerprint density at radius 2 is 2.03 bits per heavy atom. The van der Waals surface area contributed by atoms with Crippen molar-refractivity contribution in [3.05, 3.63) is 70.2 Å². The summed E-state index contributed by atoms with van der Waals surface area (Å²) in [6.07, 6.45) is 6.12. The number of nitrogens with zero attached hydrogens (tertiary/aromatic N) is 2. The van der Waals surface area contributed by atoms with Crippen LogP contribution in [-0.4, -0.2) is 41.2 Å². The molecule has 6 heteroatoms. The minimum atomic E-state index is -0.298. The van der Waals surface area contributed by atoms with E-state index in [1.54, 1.807) is 34.4 Å². The van der Waals surface area contributed by atoms with E-state index in [9.17, 15) is 14.0 Å². The maximum Gasteiger partial charge on any atom is 0.243 e. The van der Waals surface area contributed by atoms with E-state index in [-0.39, 0.29) is 36.1 Å². The van der Waals surface area contributed by atoms with Crippen LogP contribution in [0.5, 0.6) is 0 Å². The van der Waals surface area contributed by atoms with E-state index in [2.05, 4.69) is 19.6 Å². The summed E-state index contributed by atoms with van der Waals surface area (Å²) in [5.74, 6) is -0.425. The molecule has 2 heterocycles. The third-order valence-electron chi connectivity index (χ3n) is 6.21. The molecule has 172 valence electrons. The normalized spacial score (nSPS) is 16.3. The van der Waals surface area contributed by atoms with E-state index >= 15 is 0 Å². The highest BCUT2D eigenvalue weighted by atomic mass is 32.1. The predicted octanol–water partition coefficient (Wildman–Crippen LogP) is 5.59. The van der Waals surface area contributed by atoms with Gasteiger partial charge in [-0.3, -0.25) is 9.59 Å². The summed E-state index contributed by atoms with van der Waals surface area (Å²) in [5, 5.41) is 2.04. The second-order valence-electron chi connectivity index (χ2n) is 8.35. The molecule has 1 aromatic heterocycles. The summed E-state index contributed by atoms with van der Waals surface area (Å²) in [6, 6.07) is 8.16. The van der Waals surface area contributed by atoms with Gasteiger partial charge in [-0.2, -0.15) is 0 Å². The van der Waals surface area contributed by atoms with Crippen LogP contribution in [0.25, 0.3) is 0 Å². The first-order chi connectivity index (χ1) is 15.5. The molecule has 1 aliphatic heterocycles. The zero-order valence-electron chi connectivity index (χ0n) is 19.1. The van der Waals surface area contributed by atoms with Crippen molar-refractivity contribution in [2.45, 2.75) is 52.0 Å². The van der Waals surface area contributed by atoms with Crippen LogP contribution in [0.3, 0.4) is 0 Å². The van der Waals surface area contributed by atoms with Crippen LogP contribution in [0.1, 0.15) is 61.6 Å². The summed E-state index contributed by atoms with van der Waals surface area (Å²) in [4.78, 5) is 31.5. The van der Waals surface area contributed by atoms with Crippen LogP contribution >= 0.6 is 11.3 Å². The number of hydrogen-bond acceptors (Lipinski definition) is 3. The SMILES string of the molecule is C=CCN(CC(=O)N1CCc2sccc2C1c1ccc(F)cc1)C(=O)C(CC)CCCC. The van der Waals surface area contributed by atoms with E-state index in [0.29, 0.717) is 13.1 Å². The number of amides is 2. The number of benzene rings is 1. The van der Waals surface area contributed by atoms with Gasteiger partial charge in [0, 0.05) is 23.9 Å². The molecule has 2 amide bonds. The number of carbonyl (C=O) groups is 2. The second-order valence-corrected chi connectivity index (χ2v) is 9.35. The fourth-order valence-electron chi connectivity index (χ4n) is 4.44. The van der Waals surface area contributed by atoms with Gasteiger partial charge >= 0.3 is 0 Å². The van der Waals surface area contributed by atoms with Gasteiger partial charge in [-0.05, 0) is 54.0 Å². The van der Waals surface area contributed by atoms with Gasteiger partial charge in [-0.15, -0.1) is 17.9 Å². The zero-order chi connectivity index (χ0) is 23.1. The topological polar surface area (TPSA) is 40.6 Å². The Balaban J connectivity index is 1.84. The molecule has 0 saturated carbocycles. The van der Waals surface area contributed by atoms with E-state index < -0.39 is 0 Å². The van der Waals surface area contributed by atoms with Crippen molar-refractivity contribution in [2.24, 2.45) is 5.92 Å². The molecule has 0 bridgehead atoms. The Morgan fingerprint density at radius 1 is 1.28 bits per heavy atom. The molecule has 0 saturated heterocycles. The lowest BCUT2D eigenvalue weighted by Crippen LogP contribution is -2.48. The molecule has 2 unspecified atom stereocenters. The molecule has 0 radical (unpaired) electrons. The minimum absolute atomic E-state index is 0.0285. The van der Waals surface area contributed by atoms with E-state index in [1.807, 2.05) is 17.2 Å². The zero-order valence-corrected chi connectivity index (χ0v) is 19.9. The lowest BCUT2D eigenvalue weighted by atomic mass is 9.93. The summed E-state index contributed by atoms with van der Waals surface area (Å²) in [5.41, 5.74) is 1.98. The molecular weight excluding hydrogens is 423 g/mol.